The Morgan fingerprint density at radius 3 is 1.74 bits per heavy atom. The normalized spacial score (nSPS) is 10.8. The van der Waals surface area contributed by atoms with Crippen molar-refractivity contribution in [2.24, 2.45) is 5.92 Å². The Morgan fingerprint density at radius 2 is 1.39 bits per heavy atom. The van der Waals surface area contributed by atoms with E-state index in [9.17, 15) is 9.18 Å². The van der Waals surface area contributed by atoms with Crippen LogP contribution in [0.5, 0.6) is 0 Å². The molecule has 1 aliphatic carbocycles. The number of nitrogens with zero attached hydrogens (tertiary/aromatic N) is 1. The van der Waals surface area contributed by atoms with Gasteiger partial charge in [-0.25, -0.2) is 4.39 Å². The Kier molecular flexibility index (Phi) is 44.1. The molecule has 0 radical (unpaired) electrons. The summed E-state index contributed by atoms with van der Waals surface area (Å²) in [4.78, 5) is 9.30. The van der Waals surface area contributed by atoms with Crippen molar-refractivity contribution in [2.45, 2.75) is 146 Å². The van der Waals surface area contributed by atoms with E-state index >= 15 is 0 Å². The van der Waals surface area contributed by atoms with Crippen LogP contribution in [0.2, 0.25) is 0 Å². The molecule has 4 heteroatoms. The van der Waals surface area contributed by atoms with Gasteiger partial charge in [-0.15, -0.1) is 0 Å². The highest BCUT2D eigenvalue weighted by Gasteiger charge is 2.11. The maximum absolute atomic E-state index is 13.2. The van der Waals surface area contributed by atoms with Gasteiger partial charge in [0, 0.05) is 11.5 Å². The fraction of sp³-hybridized carbons (Fsp3) is 0.706. The van der Waals surface area contributed by atoms with Crippen molar-refractivity contribution in [2.75, 3.05) is 6.54 Å². The summed E-state index contributed by atoms with van der Waals surface area (Å²) >= 11 is 0. The summed E-state index contributed by atoms with van der Waals surface area (Å²) in [6.45, 7) is 19.1. The van der Waals surface area contributed by atoms with Gasteiger partial charge in [0.1, 0.15) is 12.4 Å². The first kappa shape index (κ1) is 42.7. The number of nitrogens with one attached hydrogen (secondary N) is 1. The number of unbranched alkanes of at least 4 members (excludes halogenated alkanes) is 6. The van der Waals surface area contributed by atoms with Gasteiger partial charge in [0.15, 0.2) is 0 Å². The van der Waals surface area contributed by atoms with E-state index in [1.807, 2.05) is 19.9 Å². The van der Waals surface area contributed by atoms with Crippen molar-refractivity contribution in [3.63, 3.8) is 0 Å². The third kappa shape index (κ3) is 35.8. The Morgan fingerprint density at radius 1 is 0.895 bits per heavy atom. The number of nitriles is 1. The van der Waals surface area contributed by atoms with E-state index in [2.05, 4.69) is 58.7 Å². The van der Waals surface area contributed by atoms with E-state index in [0.29, 0.717) is 17.9 Å². The molecule has 220 valence electrons. The average Bonchev–Trinajstić information content (AvgIpc) is 3.49. The fourth-order valence-electron chi connectivity index (χ4n) is 2.69. The Balaban J connectivity index is -0.000000212. The van der Waals surface area contributed by atoms with E-state index in [4.69, 9.17) is 5.26 Å². The highest BCUT2D eigenvalue weighted by atomic mass is 19.1. The lowest BCUT2D eigenvalue weighted by molar-refractivity contribution is -0.109. The molecule has 38 heavy (non-hydrogen) atoms. The van der Waals surface area contributed by atoms with Crippen molar-refractivity contribution in [3.8, 4) is 17.9 Å². The van der Waals surface area contributed by atoms with Crippen LogP contribution in [0.4, 0.5) is 4.39 Å². The molecule has 0 spiro atoms. The zero-order valence-electron chi connectivity index (χ0n) is 26.5. The number of halogens is 1. The summed E-state index contributed by atoms with van der Waals surface area (Å²) in [6.07, 6.45) is 17.8. The van der Waals surface area contributed by atoms with Gasteiger partial charge in [0.05, 0.1) is 6.07 Å². The third-order valence-corrected chi connectivity index (χ3v) is 5.42. The Bertz CT molecular complexity index is 683. The third-order valence-electron chi connectivity index (χ3n) is 5.42. The minimum atomic E-state index is -0.159. The highest BCUT2D eigenvalue weighted by Crippen LogP contribution is 2.23. The number of carbonyl (C=O) groups is 1. The minimum Gasteiger partial charge on any atom is -0.346 e. The molecular weight excluding hydrogens is 471 g/mol. The predicted molar refractivity (Wildman–Crippen MR) is 167 cm³/mol. The van der Waals surface area contributed by atoms with Crippen LogP contribution in [0, 0.1) is 41.8 Å². The molecule has 2 rings (SSSR count). The molecule has 3 nitrogen and oxygen atoms in total. The molecular formula is C34H61FN2O. The lowest BCUT2D eigenvalue weighted by Crippen LogP contribution is -2.09. The molecule has 0 aromatic heterocycles. The van der Waals surface area contributed by atoms with E-state index in [-0.39, 0.29) is 12.4 Å². The molecule has 0 bridgehead atoms. The molecule has 0 saturated heterocycles. The molecule has 1 aromatic carbocycles. The fourth-order valence-corrected chi connectivity index (χ4v) is 2.69. The SMILES string of the molecule is CC.CCCC.CCCC.CCCCCCC.Cc1ccc(C#CC2CCCC2)cc1F.N#CCNC=O. The largest absolute Gasteiger partial charge is 0.346 e. The summed E-state index contributed by atoms with van der Waals surface area (Å²) in [7, 11) is 0. The molecule has 0 unspecified atom stereocenters. The summed E-state index contributed by atoms with van der Waals surface area (Å²) in [5.41, 5.74) is 1.48. The van der Waals surface area contributed by atoms with Crippen LogP contribution in [0.15, 0.2) is 18.2 Å². The van der Waals surface area contributed by atoms with E-state index in [1.54, 1.807) is 19.1 Å². The monoisotopic (exact) mass is 532 g/mol. The molecule has 1 aromatic rings. The predicted octanol–water partition coefficient (Wildman–Crippen LogP) is 10.5. The van der Waals surface area contributed by atoms with Crippen LogP contribution in [0.25, 0.3) is 0 Å². The van der Waals surface area contributed by atoms with E-state index in [0.717, 1.165) is 5.56 Å². The van der Waals surface area contributed by atoms with Crippen LogP contribution < -0.4 is 5.32 Å². The number of carbonyl (C=O) groups excluding carboxylic acids is 1. The van der Waals surface area contributed by atoms with Gasteiger partial charge in [-0.3, -0.25) is 4.79 Å². The quantitative estimate of drug-likeness (QED) is 0.157. The lowest BCUT2D eigenvalue weighted by Gasteiger charge is -1.97. The molecule has 0 atom stereocenters. The summed E-state index contributed by atoms with van der Waals surface area (Å²) < 4.78 is 13.2. The van der Waals surface area contributed by atoms with Crippen LogP contribution in [0.1, 0.15) is 150 Å². The van der Waals surface area contributed by atoms with Gasteiger partial charge in [-0.1, -0.05) is 144 Å². The second-order valence-corrected chi connectivity index (χ2v) is 8.93. The number of amides is 1. The second kappa shape index (κ2) is 39.2. The first-order valence-corrected chi connectivity index (χ1v) is 15.2. The average molecular weight is 533 g/mol. The van der Waals surface area contributed by atoms with Gasteiger partial charge in [-0.05, 0) is 37.5 Å². The van der Waals surface area contributed by atoms with Crippen molar-refractivity contribution in [1.82, 2.24) is 5.32 Å². The van der Waals surface area contributed by atoms with Crippen molar-refractivity contribution >= 4 is 6.41 Å². The zero-order chi connectivity index (χ0) is 29.9. The molecule has 1 amide bonds. The number of hydrogen-bond donors (Lipinski definition) is 1. The van der Waals surface area contributed by atoms with Gasteiger partial charge >= 0.3 is 0 Å². The van der Waals surface area contributed by atoms with Gasteiger partial charge in [0.2, 0.25) is 6.41 Å². The summed E-state index contributed by atoms with van der Waals surface area (Å²) in [6, 6.07) is 6.93. The number of hydrogen-bond acceptors (Lipinski definition) is 2. The van der Waals surface area contributed by atoms with Crippen LogP contribution >= 0.6 is 0 Å². The maximum Gasteiger partial charge on any atom is 0.207 e. The van der Waals surface area contributed by atoms with Crippen molar-refractivity contribution < 1.29 is 9.18 Å². The zero-order valence-corrected chi connectivity index (χ0v) is 26.5. The van der Waals surface area contributed by atoms with Crippen LogP contribution in [-0.4, -0.2) is 13.0 Å². The van der Waals surface area contributed by atoms with E-state index < -0.39 is 0 Å². The van der Waals surface area contributed by atoms with Crippen molar-refractivity contribution in [1.29, 1.82) is 5.26 Å². The van der Waals surface area contributed by atoms with Gasteiger partial charge in [-0.2, -0.15) is 5.26 Å². The summed E-state index contributed by atoms with van der Waals surface area (Å²) in [5.74, 6) is 6.67. The molecule has 0 heterocycles. The van der Waals surface area contributed by atoms with Crippen LogP contribution in [0.3, 0.4) is 0 Å². The van der Waals surface area contributed by atoms with E-state index in [1.165, 1.54) is 89.5 Å². The smallest absolute Gasteiger partial charge is 0.207 e. The molecule has 1 N–H and O–H groups in total. The molecule has 0 aliphatic heterocycles. The number of aryl methyl sites for hydroxylation is 1. The first-order chi connectivity index (χ1) is 18.4. The number of benzene rings is 1. The topological polar surface area (TPSA) is 52.9 Å². The van der Waals surface area contributed by atoms with Gasteiger partial charge < -0.3 is 5.32 Å². The molecule has 1 saturated carbocycles. The molecule has 1 aliphatic rings. The standard InChI is InChI=1S/C14H15F.C7H16.2C4H10.C3H4N2O.C2H6/c1-11-6-7-13(10-14(11)15)9-8-12-4-2-3-5-12;1-3-5-7-6-4-2;2*1-3-4-2;4-1-2-5-3-6;1-2/h6-7,10,12H,2-5H2,1H3;3-7H2,1-2H3;2*3-4H2,1-2H3;3H,2H2,(H,5,6);1-2H3. The highest BCUT2D eigenvalue weighted by molar-refractivity contribution is 5.46. The minimum absolute atomic E-state index is 0.101. The van der Waals surface area contributed by atoms with Crippen molar-refractivity contribution in [3.05, 3.63) is 35.1 Å². The van der Waals surface area contributed by atoms with Gasteiger partial charge in [0.25, 0.3) is 0 Å². The Hall–Kier alpha value is -2.33. The summed E-state index contributed by atoms with van der Waals surface area (Å²) in [5, 5.41) is 9.88. The maximum atomic E-state index is 13.2. The second-order valence-electron chi connectivity index (χ2n) is 8.93. The number of rotatable bonds is 8. The first-order valence-electron chi connectivity index (χ1n) is 15.2. The molecule has 1 fully saturated rings. The van der Waals surface area contributed by atoms with Crippen LogP contribution in [-0.2, 0) is 4.79 Å². The Labute approximate surface area is 237 Å². The lowest BCUT2D eigenvalue weighted by atomic mass is 10.1.